The van der Waals surface area contributed by atoms with Gasteiger partial charge in [-0.2, -0.15) is 0 Å². The van der Waals surface area contributed by atoms with Gasteiger partial charge >= 0.3 is 0 Å². The van der Waals surface area contributed by atoms with Crippen molar-refractivity contribution in [3.63, 3.8) is 0 Å². The number of allylic oxidation sites excluding steroid dienone is 2. The molecule has 2 nitrogen and oxygen atoms in total. The zero-order valence-electron chi connectivity index (χ0n) is 10.2. The Labute approximate surface area is 98.0 Å². The number of hydrogen-bond donors (Lipinski definition) is 0. The molecule has 16 heavy (non-hydrogen) atoms. The lowest BCUT2D eigenvalue weighted by Crippen LogP contribution is -2.46. The molecular weight excluding hydrogens is 200 g/mol. The van der Waals surface area contributed by atoms with E-state index < -0.39 is 0 Å². The Hall–Kier alpha value is -0.340. The Morgan fingerprint density at radius 3 is 2.75 bits per heavy atom. The summed E-state index contributed by atoms with van der Waals surface area (Å²) in [7, 11) is 0. The van der Waals surface area contributed by atoms with Gasteiger partial charge in [-0.05, 0) is 38.0 Å². The maximum absolute atomic E-state index is 6.01. The van der Waals surface area contributed by atoms with Crippen LogP contribution in [0.4, 0.5) is 0 Å². The lowest BCUT2D eigenvalue weighted by atomic mass is 9.71. The van der Waals surface area contributed by atoms with E-state index in [1.165, 1.54) is 25.7 Å². The van der Waals surface area contributed by atoms with Gasteiger partial charge in [-0.15, -0.1) is 0 Å². The fraction of sp³-hybridized carbons (Fsp3) is 0.857. The minimum atomic E-state index is -0.251. The molecule has 0 aromatic carbocycles. The summed E-state index contributed by atoms with van der Waals surface area (Å²) in [5.74, 6) is 0.537. The molecule has 1 spiro atoms. The highest BCUT2D eigenvalue weighted by Gasteiger charge is 2.60. The van der Waals surface area contributed by atoms with Gasteiger partial charge in [-0.1, -0.05) is 19.1 Å². The summed E-state index contributed by atoms with van der Waals surface area (Å²) in [5.41, 5.74) is 0.209. The molecule has 2 fully saturated rings. The Morgan fingerprint density at radius 1 is 1.12 bits per heavy atom. The molecule has 0 aromatic heterocycles. The third-order valence-corrected chi connectivity index (χ3v) is 4.98. The SMILES string of the molecule is C[C@]12C/C=C\CCC[C@@H]1CCC21OCCO1. The van der Waals surface area contributed by atoms with Gasteiger partial charge in [0.25, 0.3) is 0 Å². The summed E-state index contributed by atoms with van der Waals surface area (Å²) in [6, 6.07) is 0. The first-order valence-electron chi connectivity index (χ1n) is 6.70. The van der Waals surface area contributed by atoms with Crippen molar-refractivity contribution in [3.05, 3.63) is 12.2 Å². The van der Waals surface area contributed by atoms with E-state index in [9.17, 15) is 0 Å². The highest BCUT2D eigenvalue weighted by atomic mass is 16.7. The molecule has 2 heteroatoms. The first-order valence-corrected chi connectivity index (χ1v) is 6.70. The van der Waals surface area contributed by atoms with E-state index in [1.54, 1.807) is 0 Å². The third-order valence-electron chi connectivity index (χ3n) is 4.98. The first kappa shape index (κ1) is 10.8. The molecule has 0 unspecified atom stereocenters. The van der Waals surface area contributed by atoms with Gasteiger partial charge in [0.1, 0.15) is 0 Å². The van der Waals surface area contributed by atoms with Crippen molar-refractivity contribution in [2.24, 2.45) is 11.3 Å². The van der Waals surface area contributed by atoms with Crippen molar-refractivity contribution < 1.29 is 9.47 Å². The molecular formula is C14H22O2. The Kier molecular flexibility index (Phi) is 2.60. The number of fused-ring (bicyclic) bond motifs is 2. The van der Waals surface area contributed by atoms with Crippen molar-refractivity contribution in [2.75, 3.05) is 13.2 Å². The van der Waals surface area contributed by atoms with Crippen LogP contribution in [0, 0.1) is 11.3 Å². The lowest BCUT2D eigenvalue weighted by molar-refractivity contribution is -0.224. The van der Waals surface area contributed by atoms with Gasteiger partial charge in [0.05, 0.1) is 13.2 Å². The Morgan fingerprint density at radius 2 is 1.94 bits per heavy atom. The van der Waals surface area contributed by atoms with Crippen LogP contribution in [0.15, 0.2) is 12.2 Å². The molecule has 2 aliphatic carbocycles. The van der Waals surface area contributed by atoms with E-state index in [0.29, 0.717) is 0 Å². The summed E-state index contributed by atoms with van der Waals surface area (Å²) in [6.07, 6.45) is 12.1. The lowest BCUT2D eigenvalue weighted by Gasteiger charge is -2.42. The fourth-order valence-electron chi connectivity index (χ4n) is 3.92. The van der Waals surface area contributed by atoms with Gasteiger partial charge in [0.2, 0.25) is 0 Å². The van der Waals surface area contributed by atoms with Crippen molar-refractivity contribution in [3.8, 4) is 0 Å². The van der Waals surface area contributed by atoms with Crippen LogP contribution in [0.25, 0.3) is 0 Å². The van der Waals surface area contributed by atoms with Crippen LogP contribution in [0.3, 0.4) is 0 Å². The number of ether oxygens (including phenoxy) is 2. The average molecular weight is 222 g/mol. The fourth-order valence-corrected chi connectivity index (χ4v) is 3.92. The van der Waals surface area contributed by atoms with Crippen molar-refractivity contribution in [1.29, 1.82) is 0 Å². The van der Waals surface area contributed by atoms with Gasteiger partial charge < -0.3 is 9.47 Å². The van der Waals surface area contributed by atoms with Crippen molar-refractivity contribution in [1.82, 2.24) is 0 Å². The minimum absolute atomic E-state index is 0.209. The molecule has 0 bridgehead atoms. The van der Waals surface area contributed by atoms with Crippen LogP contribution in [-0.2, 0) is 9.47 Å². The molecule has 1 saturated carbocycles. The molecule has 0 amide bonds. The molecule has 1 saturated heterocycles. The summed E-state index contributed by atoms with van der Waals surface area (Å²) >= 11 is 0. The topological polar surface area (TPSA) is 18.5 Å². The summed E-state index contributed by atoms with van der Waals surface area (Å²) in [4.78, 5) is 0. The molecule has 3 rings (SSSR count). The van der Waals surface area contributed by atoms with Gasteiger partial charge in [0.15, 0.2) is 5.79 Å². The standard InChI is InChI=1S/C14H22O2/c1-13-8-5-3-2-4-6-12(13)7-9-14(13)15-10-11-16-14/h3,5,12H,2,4,6-11H2,1H3/b5-3-/t12-,13+/m1/s1. The van der Waals surface area contributed by atoms with Gasteiger partial charge in [-0.3, -0.25) is 0 Å². The van der Waals surface area contributed by atoms with E-state index in [4.69, 9.17) is 9.47 Å². The van der Waals surface area contributed by atoms with Crippen molar-refractivity contribution in [2.45, 2.75) is 51.2 Å². The molecule has 90 valence electrons. The molecule has 2 atom stereocenters. The van der Waals surface area contributed by atoms with E-state index in [-0.39, 0.29) is 11.2 Å². The smallest absolute Gasteiger partial charge is 0.174 e. The highest BCUT2D eigenvalue weighted by Crippen LogP contribution is 2.58. The molecule has 1 heterocycles. The van der Waals surface area contributed by atoms with E-state index in [0.717, 1.165) is 32.0 Å². The second-order valence-electron chi connectivity index (χ2n) is 5.71. The average Bonchev–Trinajstić information content (AvgIpc) is 2.81. The van der Waals surface area contributed by atoms with Crippen molar-refractivity contribution >= 4 is 0 Å². The predicted molar refractivity (Wildman–Crippen MR) is 63.1 cm³/mol. The molecule has 0 radical (unpaired) electrons. The largest absolute Gasteiger partial charge is 0.347 e. The molecule has 1 aliphatic heterocycles. The van der Waals surface area contributed by atoms with E-state index in [2.05, 4.69) is 19.1 Å². The highest BCUT2D eigenvalue weighted by molar-refractivity contribution is 5.07. The van der Waals surface area contributed by atoms with Crippen LogP contribution >= 0.6 is 0 Å². The van der Waals surface area contributed by atoms with E-state index in [1.807, 2.05) is 0 Å². The van der Waals surface area contributed by atoms with Crippen LogP contribution in [0.1, 0.15) is 45.4 Å². The summed E-state index contributed by atoms with van der Waals surface area (Å²) in [5, 5.41) is 0. The Bertz CT molecular complexity index is 291. The molecule has 0 aromatic rings. The second kappa shape index (κ2) is 3.85. The minimum Gasteiger partial charge on any atom is -0.347 e. The summed E-state index contributed by atoms with van der Waals surface area (Å²) in [6.45, 7) is 3.95. The molecule has 0 N–H and O–H groups in total. The van der Waals surface area contributed by atoms with E-state index >= 15 is 0 Å². The van der Waals surface area contributed by atoms with Crippen LogP contribution in [-0.4, -0.2) is 19.0 Å². The Balaban J connectivity index is 1.92. The normalized spacial score (nSPS) is 43.9. The molecule has 3 aliphatic rings. The van der Waals surface area contributed by atoms with Gasteiger partial charge in [0, 0.05) is 11.8 Å². The number of rotatable bonds is 0. The maximum atomic E-state index is 6.01. The van der Waals surface area contributed by atoms with Gasteiger partial charge in [-0.25, -0.2) is 0 Å². The van der Waals surface area contributed by atoms with Crippen LogP contribution in [0.2, 0.25) is 0 Å². The predicted octanol–water partition coefficient (Wildman–Crippen LogP) is 3.28. The second-order valence-corrected chi connectivity index (χ2v) is 5.71. The summed E-state index contributed by atoms with van der Waals surface area (Å²) < 4.78 is 12.0. The quantitative estimate of drug-likeness (QED) is 0.586. The maximum Gasteiger partial charge on any atom is 0.174 e. The number of hydrogen-bond acceptors (Lipinski definition) is 2. The van der Waals surface area contributed by atoms with Crippen LogP contribution in [0.5, 0.6) is 0 Å². The van der Waals surface area contributed by atoms with Crippen LogP contribution < -0.4 is 0 Å². The monoisotopic (exact) mass is 222 g/mol. The third kappa shape index (κ3) is 1.39. The zero-order chi connectivity index (χ0) is 11.1. The first-order chi connectivity index (χ1) is 7.77. The zero-order valence-corrected chi connectivity index (χ0v) is 10.2.